The number of benzene rings is 1. The van der Waals surface area contributed by atoms with Gasteiger partial charge in [-0.25, -0.2) is 19.6 Å². The highest BCUT2D eigenvalue weighted by Crippen LogP contribution is 2.11. The van der Waals surface area contributed by atoms with E-state index in [0.717, 1.165) is 0 Å². The Hall–Kier alpha value is -2.66. The van der Waals surface area contributed by atoms with Crippen LogP contribution in [0.1, 0.15) is 26.5 Å². The molecular weight excluding hydrogens is 335 g/mol. The summed E-state index contributed by atoms with van der Waals surface area (Å²) in [5.41, 5.74) is 1.02. The van der Waals surface area contributed by atoms with Crippen LogP contribution in [0.2, 0.25) is 0 Å². The first kappa shape index (κ1) is 15.8. The molecule has 8 heteroatoms. The van der Waals surface area contributed by atoms with Crippen molar-refractivity contribution in [3.8, 4) is 0 Å². The van der Waals surface area contributed by atoms with Gasteiger partial charge in [0.2, 0.25) is 5.56 Å². The summed E-state index contributed by atoms with van der Waals surface area (Å²) in [5.74, 6) is -0.0143. The molecule has 3 heterocycles. The van der Waals surface area contributed by atoms with Crippen molar-refractivity contribution in [2.75, 3.05) is 6.54 Å². The molecule has 0 saturated carbocycles. The Morgan fingerprint density at radius 2 is 1.68 bits per heavy atom. The van der Waals surface area contributed by atoms with Crippen molar-refractivity contribution >= 4 is 39.4 Å². The molecule has 3 aromatic rings. The van der Waals surface area contributed by atoms with Crippen LogP contribution in [-0.4, -0.2) is 48.4 Å². The summed E-state index contributed by atoms with van der Waals surface area (Å²) in [4.78, 5) is 46.0. The average Bonchev–Trinajstić information content (AvgIpc) is 2.88. The van der Waals surface area contributed by atoms with E-state index in [9.17, 15) is 14.4 Å². The molecule has 1 aromatic carbocycles. The molecule has 0 saturated heterocycles. The molecule has 1 aliphatic rings. The lowest BCUT2D eigenvalue weighted by atomic mass is 10.1. The van der Waals surface area contributed by atoms with Gasteiger partial charge >= 0.3 is 28.3 Å². The van der Waals surface area contributed by atoms with E-state index >= 15 is 0 Å². The Morgan fingerprint density at radius 3 is 2.36 bits per heavy atom. The maximum absolute atomic E-state index is 12.4. The van der Waals surface area contributed by atoms with Crippen molar-refractivity contribution in [1.29, 1.82) is 0 Å². The van der Waals surface area contributed by atoms with E-state index in [1.165, 1.54) is 3.55 Å². The second-order valence-electron chi connectivity index (χ2n) is 5.76. The number of imide groups is 1. The van der Waals surface area contributed by atoms with Crippen LogP contribution in [0.5, 0.6) is 0 Å². The molecule has 0 aliphatic carbocycles. The molecule has 0 atom stereocenters. The topological polar surface area (TPSA) is 86.4 Å². The lowest BCUT2D eigenvalue weighted by Crippen LogP contribution is -3.15. The third kappa shape index (κ3) is 2.52. The van der Waals surface area contributed by atoms with Crippen molar-refractivity contribution in [3.63, 3.8) is 0 Å². The van der Waals surface area contributed by atoms with E-state index in [-0.39, 0.29) is 28.8 Å². The minimum Gasteiger partial charge on any atom is -0.409 e. The second kappa shape index (κ2) is 6.01. The Bertz CT molecular complexity index is 1060. The van der Waals surface area contributed by atoms with Crippen molar-refractivity contribution in [1.82, 2.24) is 13.5 Å². The summed E-state index contributed by atoms with van der Waals surface area (Å²) in [6, 6.07) is 10.1. The number of rotatable bonds is 3. The largest absolute Gasteiger partial charge is 0.409 e. The van der Waals surface area contributed by atoms with Crippen LogP contribution in [0.25, 0.3) is 11.0 Å². The summed E-state index contributed by atoms with van der Waals surface area (Å²) < 4.78 is 1.36. The lowest BCUT2D eigenvalue weighted by Gasteiger charge is -2.12. The maximum atomic E-state index is 12.4. The number of pyridine rings is 1. The van der Waals surface area contributed by atoms with E-state index in [2.05, 4.69) is 26.5 Å². The van der Waals surface area contributed by atoms with Gasteiger partial charge in [0.1, 0.15) is 0 Å². The molecule has 4 rings (SSSR count). The van der Waals surface area contributed by atoms with Crippen LogP contribution in [-0.2, 0) is 6.42 Å². The summed E-state index contributed by atoms with van der Waals surface area (Å²) in [7, 11) is 0. The van der Waals surface area contributed by atoms with Gasteiger partial charge in [-0.05, 0) is 24.3 Å². The highest BCUT2D eigenvalue weighted by molar-refractivity contribution is 6.11. The van der Waals surface area contributed by atoms with Gasteiger partial charge in [0, 0.05) is 6.20 Å². The van der Waals surface area contributed by atoms with E-state index in [0.29, 0.717) is 34.4 Å². The summed E-state index contributed by atoms with van der Waals surface area (Å²) in [6.07, 6.45) is 1.87. The van der Waals surface area contributed by atoms with Gasteiger partial charge in [-0.15, -0.1) is 0 Å². The first-order chi connectivity index (χ1) is 12.1. The average molecular weight is 347 g/mol. The number of carbonyl (C=O) groups excluding carboxylic acids is 2. The number of fused-ring (bicyclic) bond motifs is 2. The molecule has 0 unspecified atom stereocenters. The van der Waals surface area contributed by atoms with Crippen molar-refractivity contribution in [2.24, 2.45) is 0 Å². The maximum Gasteiger partial charge on any atom is 0.352 e. The molecule has 2 aromatic heterocycles. The molecule has 7 nitrogen and oxygen atoms in total. The summed E-state index contributed by atoms with van der Waals surface area (Å²) >= 11 is 2.33. The molecule has 1 N–H and O–H groups in total. The zero-order valence-electron chi connectivity index (χ0n) is 13.1. The Morgan fingerprint density at radius 1 is 1.00 bits per heavy atom. The van der Waals surface area contributed by atoms with Crippen molar-refractivity contribution in [2.45, 2.75) is 6.42 Å². The third-order valence-electron chi connectivity index (χ3n) is 4.31. The number of nitrogens with zero attached hydrogens (tertiary/aromatic N) is 3. The zero-order chi connectivity index (χ0) is 17.6. The molecule has 120 valence electrons. The molecular formula is C17H12AlN4O3+. The molecule has 0 spiro atoms. The highest BCUT2D eigenvalue weighted by Gasteiger charge is 2.41. The lowest BCUT2D eigenvalue weighted by molar-refractivity contribution is -0.719. The number of nitrogens with one attached hydrogen (secondary N) is 1. The van der Waals surface area contributed by atoms with Crippen LogP contribution in [0, 0.1) is 0 Å². The smallest absolute Gasteiger partial charge is 0.352 e. The van der Waals surface area contributed by atoms with Gasteiger partial charge in [0.25, 0.3) is 0 Å². The first-order valence-electron chi connectivity index (χ1n) is 7.74. The molecule has 0 fully saturated rings. The Labute approximate surface area is 150 Å². The fourth-order valence-corrected chi connectivity index (χ4v) is 3.35. The van der Waals surface area contributed by atoms with Gasteiger partial charge in [-0.1, -0.05) is 12.1 Å². The SMILES string of the molecule is O=C1c2ccccc2C(=O)[NH+]1CCc1nc2ncccc2c(=O)[n]1[Al]. The third-order valence-corrected chi connectivity index (χ3v) is 4.84. The van der Waals surface area contributed by atoms with Crippen molar-refractivity contribution in [3.05, 3.63) is 69.9 Å². The summed E-state index contributed by atoms with van der Waals surface area (Å²) in [5, 5.41) is 0.425. The van der Waals surface area contributed by atoms with Gasteiger partial charge in [-0.2, -0.15) is 4.90 Å². The molecule has 1 aliphatic heterocycles. The quantitative estimate of drug-likeness (QED) is 0.492. The molecule has 2 amide bonds. The number of aromatic nitrogens is 3. The van der Waals surface area contributed by atoms with E-state index < -0.39 is 0 Å². The Kier molecular flexibility index (Phi) is 3.81. The van der Waals surface area contributed by atoms with Crippen LogP contribution in [0.4, 0.5) is 0 Å². The summed E-state index contributed by atoms with van der Waals surface area (Å²) in [6.45, 7) is 0.228. The monoisotopic (exact) mass is 347 g/mol. The minimum atomic E-state index is -0.239. The number of quaternary nitrogens is 1. The van der Waals surface area contributed by atoms with Gasteiger partial charge in [-0.3, -0.25) is 4.79 Å². The fourth-order valence-electron chi connectivity index (χ4n) is 3.02. The van der Waals surface area contributed by atoms with Gasteiger partial charge in [0.15, 0.2) is 5.65 Å². The minimum absolute atomic E-state index is 0.226. The first-order valence-corrected chi connectivity index (χ1v) is 8.25. The van der Waals surface area contributed by atoms with E-state index in [1.807, 2.05) is 0 Å². The number of carbonyl (C=O) groups is 2. The zero-order valence-corrected chi connectivity index (χ0v) is 14.3. The van der Waals surface area contributed by atoms with Crippen LogP contribution in [0.15, 0.2) is 47.4 Å². The van der Waals surface area contributed by atoms with E-state index in [1.54, 1.807) is 42.6 Å². The number of hydrogen-bond donors (Lipinski definition) is 1. The van der Waals surface area contributed by atoms with Crippen LogP contribution >= 0.6 is 0 Å². The Balaban J connectivity index is 1.64. The number of amides is 2. The fraction of sp³-hybridized carbons (Fsp3) is 0.118. The highest BCUT2D eigenvalue weighted by atomic mass is 27.1. The molecule has 2 radical (unpaired) electrons. The van der Waals surface area contributed by atoms with Crippen LogP contribution < -0.4 is 10.5 Å². The molecule has 25 heavy (non-hydrogen) atoms. The van der Waals surface area contributed by atoms with Crippen molar-refractivity contribution < 1.29 is 14.5 Å². The van der Waals surface area contributed by atoms with Gasteiger partial charge in [0.05, 0.1) is 35.3 Å². The normalized spacial score (nSPS) is 14.2. The second-order valence-corrected chi connectivity index (χ2v) is 6.28. The molecule has 0 bridgehead atoms. The predicted octanol–water partition coefficient (Wildman–Crippen LogP) is -0.855. The standard InChI is InChI=1S/C17H12N4O3.Al/c22-15-12-6-3-8-18-14(12)19-13(20-15)7-9-21-16(23)10-4-1-2-5-11(10)17(21)24;/h1-6,8H,7,9H2,(H,18,19,20,22);/q;+1. The van der Waals surface area contributed by atoms with E-state index in [4.69, 9.17) is 0 Å². The van der Waals surface area contributed by atoms with Gasteiger partial charge < -0.3 is 3.55 Å². The predicted molar refractivity (Wildman–Crippen MR) is 89.6 cm³/mol. The number of hydrogen-bond acceptors (Lipinski definition) is 5. The van der Waals surface area contributed by atoms with Crippen LogP contribution in [0.3, 0.4) is 0 Å².